The first-order chi connectivity index (χ1) is 31.9. The predicted octanol–water partition coefficient (Wildman–Crippen LogP) is 15.9. The standard InChI is InChI=1S/C27H25Cl2N3O2.C23H17Cl2N3O2.CH2Cl2/c1-17-5-11-23(12-6-17)32-25(16-24(31-32)19-13-20(28)15-21(29)14-19)30-22-9-7-18(8-10-22)26(33)34-27(2,3)4;1-14-2-8-20(9-3-14)28-22(26-19-6-4-15(5-7-19)23(29)30)13-21(27-28)16-10-17(24)12-18(25)11-16;2-1-3/h5-16,30H,1-4H3;2-13,26H,1H3,(H,29,30);1H2. The number of nitrogens with one attached hydrogen (secondary N) is 2. The molecule has 6 aromatic carbocycles. The van der Waals surface area contributed by atoms with E-state index in [1.807, 2.05) is 124 Å². The second-order valence-electron chi connectivity index (χ2n) is 16.0. The van der Waals surface area contributed by atoms with Gasteiger partial charge >= 0.3 is 11.9 Å². The minimum Gasteiger partial charge on any atom is -0.478 e. The number of aromatic carboxylic acids is 1. The molecule has 2 aromatic heterocycles. The SMILES string of the molecule is Cc1ccc(-n2nc(-c3cc(Cl)cc(Cl)c3)cc2Nc2ccc(C(=O)O)cc2)cc1.Cc1ccc(-n2nc(-c3cc(Cl)cc(Cl)c3)cc2Nc2ccc(C(=O)OC(C)(C)C)cc2)cc1.ClCCl. The summed E-state index contributed by atoms with van der Waals surface area (Å²) in [5.74, 6) is 0.142. The van der Waals surface area contributed by atoms with Crippen molar-refractivity contribution in [3.05, 3.63) is 188 Å². The van der Waals surface area contributed by atoms with Crippen molar-refractivity contribution in [1.82, 2.24) is 19.6 Å². The third-order valence-corrected chi connectivity index (χ3v) is 10.4. The number of carboxylic acid groups (broad SMARTS) is 1. The Morgan fingerprint density at radius 1 is 0.552 bits per heavy atom. The van der Waals surface area contributed by atoms with Crippen LogP contribution in [0.25, 0.3) is 33.9 Å². The van der Waals surface area contributed by atoms with Crippen molar-refractivity contribution in [2.45, 2.75) is 40.2 Å². The Bertz CT molecular complexity index is 2930. The second kappa shape index (κ2) is 22.7. The number of hydrogen-bond donors (Lipinski definition) is 3. The van der Waals surface area contributed by atoms with E-state index in [2.05, 4.69) is 10.6 Å². The van der Waals surface area contributed by atoms with Crippen LogP contribution in [0.2, 0.25) is 20.1 Å². The van der Waals surface area contributed by atoms with Crippen LogP contribution in [-0.2, 0) is 4.74 Å². The molecule has 0 saturated heterocycles. The summed E-state index contributed by atoms with van der Waals surface area (Å²) in [6, 6.07) is 44.2. The zero-order chi connectivity index (χ0) is 48.4. The number of nitrogens with zero attached hydrogens (tertiary/aromatic N) is 4. The first-order valence-electron chi connectivity index (χ1n) is 20.5. The van der Waals surface area contributed by atoms with Crippen LogP contribution in [0.5, 0.6) is 0 Å². The van der Waals surface area contributed by atoms with E-state index in [1.165, 1.54) is 0 Å². The summed E-state index contributed by atoms with van der Waals surface area (Å²) in [7, 11) is 0. The molecular weight excluding hydrogens is 973 g/mol. The molecule has 344 valence electrons. The Hall–Kier alpha value is -5.98. The van der Waals surface area contributed by atoms with E-state index in [0.717, 1.165) is 56.5 Å². The molecule has 0 bridgehead atoms. The molecule has 2 heterocycles. The Balaban J connectivity index is 0.000000210. The fourth-order valence-corrected chi connectivity index (χ4v) is 7.46. The fraction of sp³-hybridized carbons (Fsp3) is 0.137. The highest BCUT2D eigenvalue weighted by atomic mass is 35.5. The van der Waals surface area contributed by atoms with Crippen LogP contribution in [0.1, 0.15) is 52.6 Å². The Kier molecular flexibility index (Phi) is 17.1. The molecule has 0 aliphatic heterocycles. The van der Waals surface area contributed by atoms with Gasteiger partial charge in [-0.05, 0) is 144 Å². The third kappa shape index (κ3) is 14.3. The first-order valence-corrected chi connectivity index (χ1v) is 23.1. The summed E-state index contributed by atoms with van der Waals surface area (Å²) in [4.78, 5) is 23.4. The zero-order valence-electron chi connectivity index (χ0n) is 36.8. The van der Waals surface area contributed by atoms with Gasteiger partial charge in [0.1, 0.15) is 17.2 Å². The van der Waals surface area contributed by atoms with Gasteiger partial charge in [0.15, 0.2) is 0 Å². The van der Waals surface area contributed by atoms with Crippen molar-refractivity contribution in [1.29, 1.82) is 0 Å². The number of anilines is 4. The minimum atomic E-state index is -0.966. The van der Waals surface area contributed by atoms with Crippen LogP contribution in [0.3, 0.4) is 0 Å². The third-order valence-electron chi connectivity index (χ3n) is 9.49. The lowest BCUT2D eigenvalue weighted by atomic mass is 10.1. The lowest BCUT2D eigenvalue weighted by Crippen LogP contribution is -2.23. The van der Waals surface area contributed by atoms with Gasteiger partial charge in [0.05, 0.1) is 39.2 Å². The molecule has 3 N–H and O–H groups in total. The number of rotatable bonds is 10. The van der Waals surface area contributed by atoms with Crippen LogP contribution in [-0.4, -0.2) is 47.5 Å². The summed E-state index contributed by atoms with van der Waals surface area (Å²) >= 11 is 34.3. The van der Waals surface area contributed by atoms with Crippen LogP contribution in [0.15, 0.2) is 146 Å². The summed E-state index contributed by atoms with van der Waals surface area (Å²) in [5, 5.41) is 27.7. The fourth-order valence-electron chi connectivity index (χ4n) is 6.41. The van der Waals surface area contributed by atoms with E-state index in [9.17, 15) is 9.59 Å². The second-order valence-corrected chi connectivity index (χ2v) is 18.5. The highest BCUT2D eigenvalue weighted by molar-refractivity contribution is 6.40. The van der Waals surface area contributed by atoms with Crippen molar-refractivity contribution < 1.29 is 19.4 Å². The minimum absolute atomic E-state index is 0.194. The first kappa shape index (κ1) is 50.4. The van der Waals surface area contributed by atoms with Gasteiger partial charge in [0, 0.05) is 54.7 Å². The average molecular weight is 1020 g/mol. The molecule has 0 fully saturated rings. The Morgan fingerprint density at radius 2 is 0.896 bits per heavy atom. The van der Waals surface area contributed by atoms with E-state index in [4.69, 9.17) is 89.6 Å². The van der Waals surface area contributed by atoms with Gasteiger partial charge in [0.25, 0.3) is 0 Å². The highest BCUT2D eigenvalue weighted by Crippen LogP contribution is 2.33. The number of aryl methyl sites for hydroxylation is 2. The van der Waals surface area contributed by atoms with Gasteiger partial charge in [0.2, 0.25) is 0 Å². The number of alkyl halides is 2. The number of aromatic nitrogens is 4. The van der Waals surface area contributed by atoms with E-state index in [-0.39, 0.29) is 16.9 Å². The molecule has 0 aliphatic rings. The van der Waals surface area contributed by atoms with Crippen molar-refractivity contribution in [3.8, 4) is 33.9 Å². The Morgan fingerprint density at radius 3 is 1.22 bits per heavy atom. The molecule has 0 spiro atoms. The molecule has 0 radical (unpaired) electrons. The molecule has 10 nitrogen and oxygen atoms in total. The van der Waals surface area contributed by atoms with Crippen molar-refractivity contribution in [3.63, 3.8) is 0 Å². The predicted molar refractivity (Wildman–Crippen MR) is 276 cm³/mol. The maximum absolute atomic E-state index is 12.3. The number of hydrogen-bond acceptors (Lipinski definition) is 7. The molecule has 8 rings (SSSR count). The van der Waals surface area contributed by atoms with Crippen LogP contribution >= 0.6 is 69.6 Å². The normalized spacial score (nSPS) is 10.9. The molecule has 0 atom stereocenters. The zero-order valence-corrected chi connectivity index (χ0v) is 41.3. The number of halogens is 6. The van der Waals surface area contributed by atoms with Gasteiger partial charge in [-0.3, -0.25) is 0 Å². The molecule has 0 saturated carbocycles. The molecular formula is C51H44Cl6N6O4. The Labute approximate surface area is 418 Å². The van der Waals surface area contributed by atoms with Crippen molar-refractivity contribution in [2.24, 2.45) is 0 Å². The van der Waals surface area contributed by atoms with Crippen molar-refractivity contribution >= 4 is 105 Å². The lowest BCUT2D eigenvalue weighted by Gasteiger charge is -2.19. The van der Waals surface area contributed by atoms with Gasteiger partial charge < -0.3 is 20.5 Å². The number of carboxylic acids is 1. The maximum atomic E-state index is 12.3. The topological polar surface area (TPSA) is 123 Å². The summed E-state index contributed by atoms with van der Waals surface area (Å²) in [6.07, 6.45) is 0. The van der Waals surface area contributed by atoms with E-state index in [0.29, 0.717) is 37.2 Å². The van der Waals surface area contributed by atoms with E-state index >= 15 is 0 Å². The van der Waals surface area contributed by atoms with E-state index < -0.39 is 11.6 Å². The molecule has 0 unspecified atom stereocenters. The van der Waals surface area contributed by atoms with Gasteiger partial charge in [-0.1, -0.05) is 81.8 Å². The summed E-state index contributed by atoms with van der Waals surface area (Å²) in [5.41, 5.74) is 8.81. The summed E-state index contributed by atoms with van der Waals surface area (Å²) in [6.45, 7) is 9.60. The highest BCUT2D eigenvalue weighted by Gasteiger charge is 2.19. The lowest BCUT2D eigenvalue weighted by molar-refractivity contribution is 0.00693. The van der Waals surface area contributed by atoms with Gasteiger partial charge in [-0.15, -0.1) is 23.2 Å². The average Bonchev–Trinajstić information content (AvgIpc) is 3.89. The number of esters is 1. The van der Waals surface area contributed by atoms with Crippen LogP contribution in [0.4, 0.5) is 23.0 Å². The number of carbonyl (C=O) groups excluding carboxylic acids is 1. The smallest absolute Gasteiger partial charge is 0.338 e. The van der Waals surface area contributed by atoms with Crippen LogP contribution in [0, 0.1) is 13.8 Å². The monoisotopic (exact) mass is 1010 g/mol. The van der Waals surface area contributed by atoms with Gasteiger partial charge in [-0.25, -0.2) is 19.0 Å². The molecule has 16 heteroatoms. The number of benzene rings is 6. The molecule has 67 heavy (non-hydrogen) atoms. The number of carbonyl (C=O) groups is 2. The van der Waals surface area contributed by atoms with Gasteiger partial charge in [-0.2, -0.15) is 10.2 Å². The van der Waals surface area contributed by atoms with Crippen LogP contribution < -0.4 is 10.6 Å². The molecule has 0 aliphatic carbocycles. The largest absolute Gasteiger partial charge is 0.478 e. The molecule has 8 aromatic rings. The van der Waals surface area contributed by atoms with Crippen molar-refractivity contribution in [2.75, 3.05) is 16.0 Å². The maximum Gasteiger partial charge on any atom is 0.338 e. The van der Waals surface area contributed by atoms with E-state index in [1.54, 1.807) is 65.3 Å². The molecule has 0 amide bonds. The summed E-state index contributed by atoms with van der Waals surface area (Å²) < 4.78 is 9.06. The number of ether oxygens (including phenoxy) is 1. The quantitative estimate of drug-likeness (QED) is 0.0914.